The number of aromatic nitrogens is 1. The van der Waals surface area contributed by atoms with Crippen LogP contribution in [0.4, 0.5) is 4.39 Å². The van der Waals surface area contributed by atoms with Crippen molar-refractivity contribution in [3.63, 3.8) is 0 Å². The predicted molar refractivity (Wildman–Crippen MR) is 150 cm³/mol. The third-order valence-electron chi connectivity index (χ3n) is 7.20. The van der Waals surface area contributed by atoms with Crippen LogP contribution < -0.4 is 9.47 Å². The van der Waals surface area contributed by atoms with Crippen molar-refractivity contribution < 1.29 is 23.8 Å². The van der Waals surface area contributed by atoms with Crippen molar-refractivity contribution in [1.29, 1.82) is 0 Å². The molecule has 200 valence electrons. The van der Waals surface area contributed by atoms with E-state index in [2.05, 4.69) is 4.98 Å². The van der Waals surface area contributed by atoms with Crippen LogP contribution in [0.25, 0.3) is 10.9 Å². The Bertz CT molecular complexity index is 1620. The first-order valence-electron chi connectivity index (χ1n) is 13.0. The van der Waals surface area contributed by atoms with Gasteiger partial charge in [0, 0.05) is 30.1 Å². The highest BCUT2D eigenvalue weighted by Crippen LogP contribution is 2.45. The molecule has 6 rings (SSSR count). The Labute approximate surface area is 231 Å². The standard InChI is InChI=1S/C33H27FN2O4/c1-39-31-25-13-8-18-35-29(25)32(40-30(22-9-4-2-5-10-22)23-11-6-3-7-12-23)28-26(31)19-27(37)36(33(28)38)20-21-14-16-24(34)17-15-21/h2-18,27,30,37H,19-20H2,1H3. The van der Waals surface area contributed by atoms with Gasteiger partial charge in [0.15, 0.2) is 5.75 Å². The molecular weight excluding hydrogens is 507 g/mol. The van der Waals surface area contributed by atoms with Gasteiger partial charge in [-0.05, 0) is 41.0 Å². The summed E-state index contributed by atoms with van der Waals surface area (Å²) in [7, 11) is 1.54. The zero-order valence-electron chi connectivity index (χ0n) is 21.8. The summed E-state index contributed by atoms with van der Waals surface area (Å²) >= 11 is 0. The molecule has 40 heavy (non-hydrogen) atoms. The maximum absolute atomic E-state index is 14.2. The van der Waals surface area contributed by atoms with Gasteiger partial charge in [-0.25, -0.2) is 4.39 Å². The number of hydrogen-bond acceptors (Lipinski definition) is 5. The zero-order valence-corrected chi connectivity index (χ0v) is 21.8. The second-order valence-electron chi connectivity index (χ2n) is 9.68. The Morgan fingerprint density at radius 3 is 2.20 bits per heavy atom. The molecule has 4 aromatic carbocycles. The number of rotatable bonds is 7. The highest BCUT2D eigenvalue weighted by molar-refractivity contribution is 6.07. The molecule has 1 aromatic heterocycles. The Balaban J connectivity index is 1.54. The van der Waals surface area contributed by atoms with Crippen LogP contribution in [-0.4, -0.2) is 34.2 Å². The Morgan fingerprint density at radius 1 is 0.925 bits per heavy atom. The number of aliphatic hydroxyl groups excluding tert-OH is 1. The molecule has 2 heterocycles. The fourth-order valence-corrected chi connectivity index (χ4v) is 5.31. The molecule has 1 atom stereocenters. The van der Waals surface area contributed by atoms with Crippen molar-refractivity contribution in [3.05, 3.63) is 137 Å². The average Bonchev–Trinajstić information content (AvgIpc) is 2.99. The van der Waals surface area contributed by atoms with Crippen LogP contribution in [0.2, 0.25) is 0 Å². The van der Waals surface area contributed by atoms with Gasteiger partial charge in [0.2, 0.25) is 0 Å². The SMILES string of the molecule is COc1c2c(c(OC(c3ccccc3)c3ccccc3)c3ncccc13)C(=O)N(Cc1ccc(F)cc1)C(O)C2. The van der Waals surface area contributed by atoms with E-state index in [4.69, 9.17) is 9.47 Å². The number of halogens is 1. The van der Waals surface area contributed by atoms with Crippen LogP contribution in [-0.2, 0) is 13.0 Å². The highest BCUT2D eigenvalue weighted by Gasteiger charge is 2.38. The molecule has 0 fully saturated rings. The molecule has 1 aliphatic heterocycles. The van der Waals surface area contributed by atoms with E-state index in [1.807, 2.05) is 66.7 Å². The Kier molecular flexibility index (Phi) is 6.88. The lowest BCUT2D eigenvalue weighted by molar-refractivity contribution is -0.00185. The van der Waals surface area contributed by atoms with E-state index in [1.54, 1.807) is 31.5 Å². The molecule has 5 aromatic rings. The summed E-state index contributed by atoms with van der Waals surface area (Å²) in [6.07, 6.45) is 0.142. The van der Waals surface area contributed by atoms with Crippen molar-refractivity contribution in [3.8, 4) is 11.5 Å². The minimum atomic E-state index is -1.11. The minimum Gasteiger partial charge on any atom is -0.496 e. The number of ether oxygens (including phenoxy) is 2. The number of nitrogens with zero attached hydrogens (tertiary/aromatic N) is 2. The van der Waals surface area contributed by atoms with Gasteiger partial charge in [0.1, 0.15) is 29.4 Å². The van der Waals surface area contributed by atoms with E-state index in [-0.39, 0.29) is 18.8 Å². The summed E-state index contributed by atoms with van der Waals surface area (Å²) in [6, 6.07) is 29.1. The van der Waals surface area contributed by atoms with Crippen LogP contribution >= 0.6 is 0 Å². The maximum Gasteiger partial charge on any atom is 0.260 e. The molecule has 1 amide bonds. The lowest BCUT2D eigenvalue weighted by Gasteiger charge is -2.36. The Morgan fingerprint density at radius 2 is 1.57 bits per heavy atom. The topological polar surface area (TPSA) is 71.9 Å². The van der Waals surface area contributed by atoms with Gasteiger partial charge in [-0.3, -0.25) is 9.78 Å². The van der Waals surface area contributed by atoms with Crippen LogP contribution in [0.15, 0.2) is 103 Å². The zero-order chi connectivity index (χ0) is 27.6. The largest absolute Gasteiger partial charge is 0.496 e. The van der Waals surface area contributed by atoms with Gasteiger partial charge in [-0.15, -0.1) is 0 Å². The molecule has 0 saturated heterocycles. The van der Waals surface area contributed by atoms with Gasteiger partial charge >= 0.3 is 0 Å². The summed E-state index contributed by atoms with van der Waals surface area (Å²) in [6.45, 7) is 0.0997. The molecular formula is C33H27FN2O4. The molecule has 0 bridgehead atoms. The van der Waals surface area contributed by atoms with Crippen molar-refractivity contribution in [2.24, 2.45) is 0 Å². The molecule has 0 radical (unpaired) electrons. The minimum absolute atomic E-state index is 0.0997. The molecule has 1 unspecified atom stereocenters. The van der Waals surface area contributed by atoms with Crippen molar-refractivity contribution >= 4 is 16.8 Å². The molecule has 0 aliphatic carbocycles. The van der Waals surface area contributed by atoms with Gasteiger partial charge in [0.05, 0.1) is 12.7 Å². The van der Waals surface area contributed by atoms with Crippen molar-refractivity contribution in [2.45, 2.75) is 25.3 Å². The number of benzene rings is 4. The monoisotopic (exact) mass is 534 g/mol. The van der Waals surface area contributed by atoms with E-state index in [9.17, 15) is 14.3 Å². The third-order valence-corrected chi connectivity index (χ3v) is 7.20. The molecule has 1 N–H and O–H groups in total. The smallest absolute Gasteiger partial charge is 0.260 e. The first-order valence-corrected chi connectivity index (χ1v) is 13.0. The summed E-state index contributed by atoms with van der Waals surface area (Å²) in [4.78, 5) is 20.2. The van der Waals surface area contributed by atoms with Crippen LogP contribution in [0.3, 0.4) is 0 Å². The second-order valence-corrected chi connectivity index (χ2v) is 9.68. The van der Waals surface area contributed by atoms with Crippen LogP contribution in [0.1, 0.15) is 38.7 Å². The van der Waals surface area contributed by atoms with Crippen LogP contribution in [0.5, 0.6) is 11.5 Å². The molecule has 0 spiro atoms. The highest BCUT2D eigenvalue weighted by atomic mass is 19.1. The molecule has 1 aliphatic rings. The summed E-state index contributed by atoms with van der Waals surface area (Å²) < 4.78 is 26.2. The number of carbonyl (C=O) groups is 1. The molecule has 7 heteroatoms. The molecule has 6 nitrogen and oxygen atoms in total. The summed E-state index contributed by atoms with van der Waals surface area (Å²) in [5, 5.41) is 11.8. The quantitative estimate of drug-likeness (QED) is 0.275. The summed E-state index contributed by atoms with van der Waals surface area (Å²) in [5.74, 6) is 0.0182. The summed E-state index contributed by atoms with van der Waals surface area (Å²) in [5.41, 5.74) is 3.86. The lowest BCUT2D eigenvalue weighted by atomic mass is 9.92. The first-order chi connectivity index (χ1) is 19.5. The fraction of sp³-hybridized carbons (Fsp3) is 0.152. The first kappa shape index (κ1) is 25.5. The number of hydrogen-bond donors (Lipinski definition) is 1. The van der Waals surface area contributed by atoms with Crippen molar-refractivity contribution in [2.75, 3.05) is 7.11 Å². The van der Waals surface area contributed by atoms with Crippen LogP contribution in [0, 0.1) is 5.82 Å². The number of amides is 1. The van der Waals surface area contributed by atoms with Gasteiger partial charge in [-0.1, -0.05) is 72.8 Å². The van der Waals surface area contributed by atoms with E-state index >= 15 is 0 Å². The lowest BCUT2D eigenvalue weighted by Crippen LogP contribution is -2.45. The number of pyridine rings is 1. The average molecular weight is 535 g/mol. The van der Waals surface area contributed by atoms with E-state index < -0.39 is 18.2 Å². The molecule has 0 saturated carbocycles. The van der Waals surface area contributed by atoms with Gasteiger partial charge < -0.3 is 19.5 Å². The third kappa shape index (κ3) is 4.65. The number of fused-ring (bicyclic) bond motifs is 2. The fourth-order valence-electron chi connectivity index (χ4n) is 5.31. The van der Waals surface area contributed by atoms with Gasteiger partial charge in [0.25, 0.3) is 5.91 Å². The van der Waals surface area contributed by atoms with Crippen molar-refractivity contribution in [1.82, 2.24) is 9.88 Å². The second kappa shape index (κ2) is 10.8. The number of aliphatic hydroxyl groups is 1. The maximum atomic E-state index is 14.2. The van der Waals surface area contributed by atoms with E-state index in [1.165, 1.54) is 17.0 Å². The number of carbonyl (C=O) groups excluding carboxylic acids is 1. The van der Waals surface area contributed by atoms with E-state index in [0.717, 1.165) is 11.1 Å². The Hall–Kier alpha value is -4.75. The van der Waals surface area contributed by atoms with E-state index in [0.29, 0.717) is 39.1 Å². The normalized spacial score (nSPS) is 14.8. The predicted octanol–water partition coefficient (Wildman–Crippen LogP) is 6.07. The number of methoxy groups -OCH3 is 1. The van der Waals surface area contributed by atoms with Gasteiger partial charge in [-0.2, -0.15) is 0 Å².